The van der Waals surface area contributed by atoms with Gasteiger partial charge in [0.05, 0.1) is 24.9 Å². The Labute approximate surface area is 192 Å². The Morgan fingerprint density at radius 2 is 1.97 bits per heavy atom. The van der Waals surface area contributed by atoms with E-state index in [1.807, 2.05) is 41.9 Å². The number of hydrogen-bond acceptors (Lipinski definition) is 6. The van der Waals surface area contributed by atoms with E-state index in [0.717, 1.165) is 56.2 Å². The SMILES string of the molecule is Cc1c(C#N)c(NC(=O)CN2CCN(CCc3cccs3)CC2)n(Cc2ccco2)c1C. The average molecular weight is 452 g/mol. The number of hydrogen-bond donors (Lipinski definition) is 1. The van der Waals surface area contributed by atoms with Gasteiger partial charge in [0, 0.05) is 43.3 Å². The van der Waals surface area contributed by atoms with Gasteiger partial charge >= 0.3 is 0 Å². The van der Waals surface area contributed by atoms with Crippen LogP contribution in [0.15, 0.2) is 40.3 Å². The lowest BCUT2D eigenvalue weighted by molar-refractivity contribution is -0.117. The number of carbonyl (C=O) groups excluding carboxylic acids is 1. The normalized spacial score (nSPS) is 15.0. The number of thiophene rings is 1. The molecule has 1 aliphatic rings. The fourth-order valence-corrected chi connectivity index (χ4v) is 4.85. The highest BCUT2D eigenvalue weighted by atomic mass is 32.1. The Kier molecular flexibility index (Phi) is 7.10. The molecule has 8 heteroatoms. The summed E-state index contributed by atoms with van der Waals surface area (Å²) in [6.45, 7) is 9.41. The van der Waals surface area contributed by atoms with E-state index < -0.39 is 0 Å². The third-order valence-electron chi connectivity index (χ3n) is 6.18. The number of furan rings is 1. The van der Waals surface area contributed by atoms with Crippen molar-refractivity contribution in [1.82, 2.24) is 14.4 Å². The minimum Gasteiger partial charge on any atom is -0.467 e. The summed E-state index contributed by atoms with van der Waals surface area (Å²) < 4.78 is 7.43. The minimum atomic E-state index is -0.0910. The monoisotopic (exact) mass is 451 g/mol. The molecule has 32 heavy (non-hydrogen) atoms. The van der Waals surface area contributed by atoms with Crippen LogP contribution < -0.4 is 5.32 Å². The average Bonchev–Trinajstić information content (AvgIpc) is 3.53. The molecule has 3 aromatic rings. The zero-order valence-electron chi connectivity index (χ0n) is 18.6. The number of nitrogens with one attached hydrogen (secondary N) is 1. The smallest absolute Gasteiger partial charge is 0.239 e. The third-order valence-corrected chi connectivity index (χ3v) is 7.12. The van der Waals surface area contributed by atoms with Crippen molar-refractivity contribution >= 4 is 23.1 Å². The molecule has 1 N–H and O–H groups in total. The highest BCUT2D eigenvalue weighted by Crippen LogP contribution is 2.27. The van der Waals surface area contributed by atoms with Crippen LogP contribution in [0.1, 0.15) is 27.5 Å². The fraction of sp³-hybridized carbons (Fsp3) is 0.417. The van der Waals surface area contributed by atoms with Gasteiger partial charge in [0.15, 0.2) is 0 Å². The van der Waals surface area contributed by atoms with E-state index >= 15 is 0 Å². The van der Waals surface area contributed by atoms with Crippen LogP contribution in [-0.2, 0) is 17.8 Å². The van der Waals surface area contributed by atoms with Crippen molar-refractivity contribution in [1.29, 1.82) is 5.26 Å². The molecule has 4 rings (SSSR count). The number of anilines is 1. The third kappa shape index (κ3) is 5.13. The van der Waals surface area contributed by atoms with Crippen molar-refractivity contribution in [3.05, 3.63) is 63.4 Å². The van der Waals surface area contributed by atoms with E-state index in [1.54, 1.807) is 6.26 Å². The van der Waals surface area contributed by atoms with E-state index in [0.29, 0.717) is 24.5 Å². The first-order chi connectivity index (χ1) is 15.5. The maximum Gasteiger partial charge on any atom is 0.239 e. The molecule has 0 bridgehead atoms. The molecule has 7 nitrogen and oxygen atoms in total. The topological polar surface area (TPSA) is 77.4 Å². The maximum absolute atomic E-state index is 12.9. The van der Waals surface area contributed by atoms with E-state index in [4.69, 9.17) is 4.42 Å². The van der Waals surface area contributed by atoms with E-state index in [1.165, 1.54) is 4.88 Å². The number of nitriles is 1. The van der Waals surface area contributed by atoms with Crippen molar-refractivity contribution < 1.29 is 9.21 Å². The molecular formula is C24H29N5O2S. The largest absolute Gasteiger partial charge is 0.467 e. The molecular weight excluding hydrogens is 422 g/mol. The first kappa shape index (κ1) is 22.3. The van der Waals surface area contributed by atoms with Gasteiger partial charge in [-0.15, -0.1) is 11.3 Å². The second-order valence-electron chi connectivity index (χ2n) is 8.21. The highest BCUT2D eigenvalue weighted by Gasteiger charge is 2.23. The van der Waals surface area contributed by atoms with Crippen molar-refractivity contribution in [2.24, 2.45) is 0 Å². The number of nitrogens with zero attached hydrogens (tertiary/aromatic N) is 4. The van der Waals surface area contributed by atoms with Gasteiger partial charge in [-0.1, -0.05) is 6.07 Å². The van der Waals surface area contributed by atoms with Gasteiger partial charge in [0.25, 0.3) is 0 Å². The standard InChI is InChI=1S/C24H29N5O2S/c1-18-19(2)29(16-20-5-3-13-31-20)24(22(18)15-25)26-23(30)17-28-11-9-27(10-12-28)8-7-21-6-4-14-32-21/h3-6,13-14H,7-12,16-17H2,1-2H3,(H,26,30). The molecule has 4 heterocycles. The van der Waals surface area contributed by atoms with Crippen LogP contribution in [0.5, 0.6) is 0 Å². The van der Waals surface area contributed by atoms with Gasteiger partial charge in [-0.2, -0.15) is 5.26 Å². The summed E-state index contributed by atoms with van der Waals surface area (Å²) in [6.07, 6.45) is 2.71. The first-order valence-electron chi connectivity index (χ1n) is 10.9. The molecule has 3 aromatic heterocycles. The molecule has 1 fully saturated rings. The molecule has 0 saturated carbocycles. The second kappa shape index (κ2) is 10.2. The Hall–Kier alpha value is -2.86. The summed E-state index contributed by atoms with van der Waals surface area (Å²) in [5.74, 6) is 1.24. The lowest BCUT2D eigenvalue weighted by Crippen LogP contribution is -2.49. The molecule has 0 aromatic carbocycles. The molecule has 0 spiro atoms. The summed E-state index contributed by atoms with van der Waals surface area (Å²) in [6, 6.07) is 10.3. The predicted octanol–water partition coefficient (Wildman–Crippen LogP) is 3.48. The van der Waals surface area contributed by atoms with Crippen molar-refractivity contribution in [3.63, 3.8) is 0 Å². The molecule has 0 radical (unpaired) electrons. The molecule has 1 amide bonds. The number of piperazine rings is 1. The maximum atomic E-state index is 12.9. The molecule has 1 aliphatic heterocycles. The predicted molar refractivity (Wildman–Crippen MR) is 126 cm³/mol. The van der Waals surface area contributed by atoms with E-state index in [-0.39, 0.29) is 5.91 Å². The Morgan fingerprint density at radius 3 is 2.62 bits per heavy atom. The molecule has 0 unspecified atom stereocenters. The van der Waals surface area contributed by atoms with Crippen molar-refractivity contribution in [2.75, 3.05) is 44.6 Å². The zero-order valence-corrected chi connectivity index (χ0v) is 19.5. The summed E-state index contributed by atoms with van der Waals surface area (Å²) >= 11 is 1.81. The zero-order chi connectivity index (χ0) is 22.5. The summed E-state index contributed by atoms with van der Waals surface area (Å²) in [4.78, 5) is 18.9. The lowest BCUT2D eigenvalue weighted by Gasteiger charge is -2.34. The van der Waals surface area contributed by atoms with Crippen molar-refractivity contribution in [3.8, 4) is 6.07 Å². The molecule has 0 aliphatic carbocycles. The number of aromatic nitrogens is 1. The van der Waals surface area contributed by atoms with E-state index in [2.05, 4.69) is 38.7 Å². The van der Waals surface area contributed by atoms with Crippen LogP contribution in [0.25, 0.3) is 0 Å². The number of rotatable bonds is 8. The van der Waals surface area contributed by atoms with Crippen molar-refractivity contribution in [2.45, 2.75) is 26.8 Å². The van der Waals surface area contributed by atoms with Gasteiger partial charge in [-0.05, 0) is 49.4 Å². The lowest BCUT2D eigenvalue weighted by atomic mass is 10.2. The Balaban J connectivity index is 1.34. The van der Waals surface area contributed by atoms with Gasteiger partial charge in [-0.3, -0.25) is 9.69 Å². The van der Waals surface area contributed by atoms with Crippen LogP contribution in [0.2, 0.25) is 0 Å². The van der Waals surface area contributed by atoms with Gasteiger partial charge in [0.2, 0.25) is 5.91 Å². The van der Waals surface area contributed by atoms with Crippen LogP contribution in [0.3, 0.4) is 0 Å². The summed E-state index contributed by atoms with van der Waals surface area (Å²) in [5, 5.41) is 14.8. The summed E-state index contributed by atoms with van der Waals surface area (Å²) in [7, 11) is 0. The van der Waals surface area contributed by atoms with Crippen LogP contribution in [0.4, 0.5) is 5.82 Å². The Morgan fingerprint density at radius 1 is 1.19 bits per heavy atom. The van der Waals surface area contributed by atoms with Gasteiger partial charge in [-0.25, -0.2) is 0 Å². The van der Waals surface area contributed by atoms with Crippen LogP contribution >= 0.6 is 11.3 Å². The quantitative estimate of drug-likeness (QED) is 0.567. The molecule has 168 valence electrons. The second-order valence-corrected chi connectivity index (χ2v) is 9.24. The first-order valence-corrected chi connectivity index (χ1v) is 11.8. The number of carbonyl (C=O) groups is 1. The van der Waals surface area contributed by atoms with Gasteiger partial charge in [0.1, 0.15) is 17.6 Å². The molecule has 0 atom stereocenters. The fourth-order valence-electron chi connectivity index (χ4n) is 4.16. The van der Waals surface area contributed by atoms with Crippen LogP contribution in [0, 0.1) is 25.2 Å². The van der Waals surface area contributed by atoms with Gasteiger partial charge < -0.3 is 19.2 Å². The minimum absolute atomic E-state index is 0.0910. The molecule has 1 saturated heterocycles. The summed E-state index contributed by atoms with van der Waals surface area (Å²) in [5.41, 5.74) is 2.35. The number of amides is 1. The Bertz CT molecular complexity index is 1070. The van der Waals surface area contributed by atoms with Crippen LogP contribution in [-0.4, -0.2) is 59.5 Å². The van der Waals surface area contributed by atoms with E-state index in [9.17, 15) is 10.1 Å². The highest BCUT2D eigenvalue weighted by molar-refractivity contribution is 7.09.